The van der Waals surface area contributed by atoms with Crippen LogP contribution in [0, 0.1) is 29.1 Å². The maximum absolute atomic E-state index is 13.6. The second-order valence-electron chi connectivity index (χ2n) is 4.39. The Morgan fingerprint density at radius 2 is 1.48 bits per heavy atom. The van der Waals surface area contributed by atoms with Crippen LogP contribution in [0.15, 0.2) is 23.1 Å². The van der Waals surface area contributed by atoms with Crippen molar-refractivity contribution < 1.29 is 71.2 Å². The Morgan fingerprint density at radius 1 is 1.00 bits per heavy atom. The maximum atomic E-state index is 13.6. The number of nitrogens with one attached hydrogen (secondary N) is 1. The van der Waals surface area contributed by atoms with Crippen molar-refractivity contribution in [3.8, 4) is 11.5 Å². The summed E-state index contributed by atoms with van der Waals surface area (Å²) in [5.41, 5.74) is -0.391. The van der Waals surface area contributed by atoms with Gasteiger partial charge in [-0.3, -0.25) is 4.72 Å². The van der Waals surface area contributed by atoms with Crippen LogP contribution < -0.4 is 39.0 Å². The molecule has 0 bridgehead atoms. The average molecular weight is 393 g/mol. The molecule has 0 fully saturated rings. The average Bonchev–Trinajstić information content (AvgIpc) is 2.50. The van der Waals surface area contributed by atoms with Crippen LogP contribution in [-0.4, -0.2) is 20.6 Å². The number of anilines is 1. The van der Waals surface area contributed by atoms with E-state index < -0.39 is 55.4 Å². The molecule has 2 rings (SSSR count). The first-order valence-electron chi connectivity index (χ1n) is 6.01. The minimum Gasteiger partial charge on any atom is -1.00 e. The molecule has 0 saturated heterocycles. The zero-order chi connectivity index (χ0) is 18.2. The zero-order valence-electron chi connectivity index (χ0n) is 13.7. The molecule has 0 unspecified atom stereocenters. The van der Waals surface area contributed by atoms with Crippen LogP contribution >= 0.6 is 0 Å². The third-order valence-corrected chi connectivity index (χ3v) is 4.27. The van der Waals surface area contributed by atoms with Gasteiger partial charge in [0.15, 0.2) is 39.7 Å². The van der Waals surface area contributed by atoms with Gasteiger partial charge in [-0.15, -0.1) is 0 Å². The Bertz CT molecular complexity index is 900. The van der Waals surface area contributed by atoms with E-state index in [1.165, 1.54) is 7.11 Å². The van der Waals surface area contributed by atoms with Crippen LogP contribution in [0.3, 0.4) is 0 Å². The molecule has 0 radical (unpaired) electrons. The molecule has 0 aromatic heterocycles. The van der Waals surface area contributed by atoms with Crippen LogP contribution in [0.4, 0.5) is 27.6 Å². The molecule has 132 valence electrons. The molecular weight excluding hydrogens is 384 g/mol. The summed E-state index contributed by atoms with van der Waals surface area (Å²) >= 11 is 0. The van der Waals surface area contributed by atoms with Gasteiger partial charge in [-0.1, -0.05) is 0 Å². The fourth-order valence-corrected chi connectivity index (χ4v) is 2.97. The molecule has 0 atom stereocenters. The molecule has 0 aliphatic heterocycles. The smallest absolute Gasteiger partial charge is 1.00 e. The molecule has 0 aliphatic rings. The summed E-state index contributed by atoms with van der Waals surface area (Å²) in [6, 6.07) is 2.98. The summed E-state index contributed by atoms with van der Waals surface area (Å²) in [6.07, 6.45) is 0. The van der Waals surface area contributed by atoms with Gasteiger partial charge in [0.25, 0.3) is 10.0 Å². The summed E-state index contributed by atoms with van der Waals surface area (Å²) in [6.45, 7) is 0. The van der Waals surface area contributed by atoms with E-state index in [0.29, 0.717) is 0 Å². The third-order valence-electron chi connectivity index (χ3n) is 2.87. The fourth-order valence-electron chi connectivity index (χ4n) is 1.78. The number of benzene rings is 2. The van der Waals surface area contributed by atoms with Crippen molar-refractivity contribution in [3.05, 3.63) is 47.3 Å². The first kappa shape index (κ1) is 21.5. The van der Waals surface area contributed by atoms with Crippen molar-refractivity contribution in [2.75, 3.05) is 11.8 Å². The predicted octanol–water partition coefficient (Wildman–Crippen LogP) is 0.0136. The van der Waals surface area contributed by atoms with Crippen molar-refractivity contribution in [1.82, 2.24) is 0 Å². The number of ether oxygens (including phenoxy) is 1. The monoisotopic (exact) mass is 393 g/mol. The van der Waals surface area contributed by atoms with Crippen LogP contribution in [0.25, 0.3) is 0 Å². The summed E-state index contributed by atoms with van der Waals surface area (Å²) < 4.78 is 96.6. The zero-order valence-corrected chi connectivity index (χ0v) is 15.5. The van der Waals surface area contributed by atoms with E-state index >= 15 is 0 Å². The van der Waals surface area contributed by atoms with Gasteiger partial charge < -0.3 is 11.3 Å². The maximum Gasteiger partial charge on any atom is 1.00 e. The normalized spacial score (nSPS) is 11.0. The number of hydrogen-bond acceptors (Lipinski definition) is 4. The van der Waals surface area contributed by atoms with Crippen LogP contribution in [-0.2, 0) is 10.0 Å². The van der Waals surface area contributed by atoms with Crippen molar-refractivity contribution in [3.63, 3.8) is 0 Å². The van der Waals surface area contributed by atoms with Crippen molar-refractivity contribution in [2.45, 2.75) is 4.90 Å². The van der Waals surface area contributed by atoms with Crippen molar-refractivity contribution in [1.29, 1.82) is 0 Å². The number of hydrogen-bond donors (Lipinski definition) is 2. The Hall–Kier alpha value is -1.56. The molecule has 0 heterocycles. The van der Waals surface area contributed by atoms with E-state index in [1.54, 1.807) is 4.72 Å². The number of aromatic hydroxyl groups is 1. The van der Waals surface area contributed by atoms with Gasteiger partial charge in [-0.2, -0.15) is 0 Å². The van der Waals surface area contributed by atoms with Crippen molar-refractivity contribution in [2.24, 2.45) is 0 Å². The van der Waals surface area contributed by atoms with Gasteiger partial charge in [0.05, 0.1) is 12.8 Å². The molecule has 2 aromatic rings. The Balaban J connectivity index is 0.00000312. The largest absolute Gasteiger partial charge is 1.00 e. The van der Waals surface area contributed by atoms with E-state index in [9.17, 15) is 35.5 Å². The van der Waals surface area contributed by atoms with Gasteiger partial charge >= 0.3 is 29.6 Å². The van der Waals surface area contributed by atoms with E-state index in [4.69, 9.17) is 4.74 Å². The standard InChI is InChI=1S/C13H8F5NO4S.Na.H/c1-23-7-3-2-5(4-6(7)20)19-24(21,22)13-11(17)9(15)8(14)10(16)12(13)18;;/h2-4,19-20H,1H3;;/q;+1;-1. The predicted molar refractivity (Wildman–Crippen MR) is 72.8 cm³/mol. The van der Waals surface area contributed by atoms with E-state index in [2.05, 4.69) is 0 Å². The molecule has 0 spiro atoms. The van der Waals surface area contributed by atoms with Gasteiger partial charge in [0, 0.05) is 6.07 Å². The molecule has 0 amide bonds. The number of phenolic OH excluding ortho intramolecular Hbond substituents is 1. The van der Waals surface area contributed by atoms with Crippen LogP contribution in [0.1, 0.15) is 1.43 Å². The summed E-state index contributed by atoms with van der Waals surface area (Å²) in [5, 5.41) is 9.51. The Labute approximate surface area is 162 Å². The van der Waals surface area contributed by atoms with Crippen LogP contribution in [0.5, 0.6) is 11.5 Å². The van der Waals surface area contributed by atoms with Gasteiger partial charge in [-0.05, 0) is 12.1 Å². The van der Waals surface area contributed by atoms with Gasteiger partial charge in [0.1, 0.15) is 0 Å². The fraction of sp³-hybridized carbons (Fsp3) is 0.0769. The molecule has 2 aromatic carbocycles. The second kappa shape index (κ2) is 7.77. The molecule has 25 heavy (non-hydrogen) atoms. The molecule has 12 heteroatoms. The van der Waals surface area contributed by atoms with Gasteiger partial charge in [-0.25, -0.2) is 30.4 Å². The van der Waals surface area contributed by atoms with Crippen molar-refractivity contribution >= 4 is 15.7 Å². The third kappa shape index (κ3) is 4.00. The second-order valence-corrected chi connectivity index (χ2v) is 6.01. The topological polar surface area (TPSA) is 75.6 Å². The summed E-state index contributed by atoms with van der Waals surface area (Å²) in [4.78, 5) is -2.03. The van der Waals surface area contributed by atoms with E-state index in [-0.39, 0.29) is 36.7 Å². The summed E-state index contributed by atoms with van der Waals surface area (Å²) in [7, 11) is -3.96. The first-order valence-corrected chi connectivity index (χ1v) is 7.49. The molecule has 0 saturated carbocycles. The molecule has 5 nitrogen and oxygen atoms in total. The number of halogens is 5. The van der Waals surface area contributed by atoms with Crippen LogP contribution in [0.2, 0.25) is 0 Å². The number of phenols is 1. The Kier molecular flexibility index (Phi) is 6.68. The van der Waals surface area contributed by atoms with E-state index in [1.807, 2.05) is 0 Å². The van der Waals surface area contributed by atoms with Gasteiger partial charge in [0.2, 0.25) is 5.82 Å². The number of methoxy groups -OCH3 is 1. The quantitative estimate of drug-likeness (QED) is 0.332. The first-order chi connectivity index (χ1) is 11.1. The molecule has 0 aliphatic carbocycles. The number of rotatable bonds is 4. The summed E-state index contributed by atoms with van der Waals surface area (Å²) in [5.74, 6) is -12.8. The Morgan fingerprint density at radius 3 is 1.92 bits per heavy atom. The minimum atomic E-state index is -5.17. The minimum absolute atomic E-state index is 0. The van der Waals surface area contributed by atoms with E-state index in [0.717, 1.165) is 18.2 Å². The number of sulfonamides is 1. The molecular formula is C13H9F5NNaO4S. The molecule has 2 N–H and O–H groups in total. The SMILES string of the molecule is COc1ccc(NS(=O)(=O)c2c(F)c(F)c(F)c(F)c2F)cc1O.[H-].[Na+].